The number of carbonyl (C=O) groups excluding carboxylic acids is 1. The Morgan fingerprint density at radius 1 is 1.05 bits per heavy atom. The number of hydrogen-bond donors (Lipinski definition) is 1. The van der Waals surface area contributed by atoms with Crippen molar-refractivity contribution in [3.8, 4) is 0 Å². The molecule has 1 heterocycles. The van der Waals surface area contributed by atoms with Crippen molar-refractivity contribution < 1.29 is 4.79 Å². The van der Waals surface area contributed by atoms with Crippen LogP contribution in [0.15, 0.2) is 0 Å². The van der Waals surface area contributed by atoms with Gasteiger partial charge in [0.2, 0.25) is 5.91 Å². The van der Waals surface area contributed by atoms with Crippen molar-refractivity contribution in [2.75, 3.05) is 0 Å². The number of amides is 1. The van der Waals surface area contributed by atoms with Gasteiger partial charge < -0.3 is 4.90 Å². The summed E-state index contributed by atoms with van der Waals surface area (Å²) in [6, 6.07) is 0.485. The summed E-state index contributed by atoms with van der Waals surface area (Å²) in [5.74, 6) is 2.03. The number of nitrogens with zero attached hydrogens (tertiary/aromatic N) is 1. The third-order valence-electron chi connectivity index (χ3n) is 4.85. The lowest BCUT2D eigenvalue weighted by Gasteiger charge is -2.38. The van der Waals surface area contributed by atoms with E-state index in [1.165, 1.54) is 25.7 Å². The summed E-state index contributed by atoms with van der Waals surface area (Å²) in [6.07, 6.45) is 5.14. The molecule has 2 aliphatic rings. The standard InChI is InChI=1S/C16H30N2O/c1-10(2)14-16(19)18(15(17-14)11(3)4)13-8-6-12(5)7-9-13/h10-15,17H,6-9H2,1-5H3. The first-order chi connectivity index (χ1) is 8.91. The highest BCUT2D eigenvalue weighted by Crippen LogP contribution is 2.32. The predicted molar refractivity (Wildman–Crippen MR) is 78.7 cm³/mol. The van der Waals surface area contributed by atoms with Crippen LogP contribution in [0.3, 0.4) is 0 Å². The van der Waals surface area contributed by atoms with E-state index in [0.29, 0.717) is 23.8 Å². The third-order valence-corrected chi connectivity index (χ3v) is 4.85. The second-order valence-corrected chi connectivity index (χ2v) is 7.24. The zero-order valence-corrected chi connectivity index (χ0v) is 13.1. The molecule has 0 aromatic heterocycles. The molecule has 3 nitrogen and oxygen atoms in total. The first-order valence-corrected chi connectivity index (χ1v) is 8.00. The van der Waals surface area contributed by atoms with E-state index in [0.717, 1.165) is 5.92 Å². The van der Waals surface area contributed by atoms with Gasteiger partial charge in [0.1, 0.15) is 0 Å². The van der Waals surface area contributed by atoms with Gasteiger partial charge in [-0.25, -0.2) is 0 Å². The largest absolute Gasteiger partial charge is 0.323 e. The van der Waals surface area contributed by atoms with Gasteiger partial charge in [0, 0.05) is 6.04 Å². The predicted octanol–water partition coefficient (Wildman–Crippen LogP) is 3.00. The van der Waals surface area contributed by atoms with Gasteiger partial charge in [0.25, 0.3) is 0 Å². The molecule has 19 heavy (non-hydrogen) atoms. The number of nitrogens with one attached hydrogen (secondary N) is 1. The van der Waals surface area contributed by atoms with E-state index < -0.39 is 0 Å². The van der Waals surface area contributed by atoms with E-state index in [-0.39, 0.29) is 12.2 Å². The minimum Gasteiger partial charge on any atom is -0.323 e. The van der Waals surface area contributed by atoms with Crippen molar-refractivity contribution in [1.82, 2.24) is 10.2 Å². The molecule has 0 aromatic rings. The second-order valence-electron chi connectivity index (χ2n) is 7.24. The molecule has 1 amide bonds. The van der Waals surface area contributed by atoms with Crippen LogP contribution in [0.1, 0.15) is 60.3 Å². The van der Waals surface area contributed by atoms with E-state index in [1.54, 1.807) is 0 Å². The van der Waals surface area contributed by atoms with Crippen LogP contribution in [0.4, 0.5) is 0 Å². The number of hydrogen-bond acceptors (Lipinski definition) is 2. The van der Waals surface area contributed by atoms with Crippen LogP contribution < -0.4 is 5.32 Å². The summed E-state index contributed by atoms with van der Waals surface area (Å²) in [5.41, 5.74) is 0. The van der Waals surface area contributed by atoms with Crippen LogP contribution >= 0.6 is 0 Å². The zero-order valence-electron chi connectivity index (χ0n) is 13.1. The summed E-state index contributed by atoms with van der Waals surface area (Å²) in [4.78, 5) is 14.9. The van der Waals surface area contributed by atoms with Gasteiger partial charge in [-0.1, -0.05) is 34.6 Å². The van der Waals surface area contributed by atoms with Crippen molar-refractivity contribution >= 4 is 5.91 Å². The minimum atomic E-state index is 0.0201. The maximum absolute atomic E-state index is 12.7. The summed E-state index contributed by atoms with van der Waals surface area (Å²) in [5, 5.41) is 3.57. The lowest BCUT2D eigenvalue weighted by Crippen LogP contribution is -2.48. The normalized spacial score (nSPS) is 36.6. The second kappa shape index (κ2) is 5.82. The molecular formula is C16H30N2O. The van der Waals surface area contributed by atoms with Crippen molar-refractivity contribution in [1.29, 1.82) is 0 Å². The molecule has 1 saturated carbocycles. The molecule has 2 fully saturated rings. The van der Waals surface area contributed by atoms with Gasteiger partial charge >= 0.3 is 0 Å². The molecule has 1 aliphatic carbocycles. The van der Waals surface area contributed by atoms with Crippen LogP contribution in [-0.2, 0) is 4.79 Å². The fraction of sp³-hybridized carbons (Fsp3) is 0.938. The van der Waals surface area contributed by atoms with Crippen LogP contribution in [0, 0.1) is 17.8 Å². The van der Waals surface area contributed by atoms with E-state index >= 15 is 0 Å². The Hall–Kier alpha value is -0.570. The van der Waals surface area contributed by atoms with Crippen LogP contribution in [0.2, 0.25) is 0 Å². The fourth-order valence-corrected chi connectivity index (χ4v) is 3.55. The smallest absolute Gasteiger partial charge is 0.241 e. The molecule has 0 bridgehead atoms. The Balaban J connectivity index is 2.13. The fourth-order valence-electron chi connectivity index (χ4n) is 3.55. The van der Waals surface area contributed by atoms with Gasteiger partial charge in [-0.2, -0.15) is 0 Å². The molecule has 2 atom stereocenters. The molecule has 3 heteroatoms. The average molecular weight is 266 g/mol. The van der Waals surface area contributed by atoms with E-state index in [2.05, 4.69) is 44.8 Å². The summed E-state index contributed by atoms with van der Waals surface area (Å²) in [6.45, 7) is 11.0. The molecule has 0 radical (unpaired) electrons. The van der Waals surface area contributed by atoms with Crippen molar-refractivity contribution in [2.24, 2.45) is 17.8 Å². The Kier molecular flexibility index (Phi) is 4.54. The Labute approximate surface area is 118 Å². The zero-order chi connectivity index (χ0) is 14.2. The Morgan fingerprint density at radius 3 is 2.11 bits per heavy atom. The maximum atomic E-state index is 12.7. The van der Waals surface area contributed by atoms with Gasteiger partial charge in [-0.05, 0) is 43.4 Å². The Morgan fingerprint density at radius 2 is 1.63 bits per heavy atom. The lowest BCUT2D eigenvalue weighted by molar-refractivity contribution is -0.134. The van der Waals surface area contributed by atoms with E-state index in [4.69, 9.17) is 0 Å². The lowest BCUT2D eigenvalue weighted by atomic mass is 9.86. The third kappa shape index (κ3) is 2.96. The quantitative estimate of drug-likeness (QED) is 0.851. The molecule has 1 N–H and O–H groups in total. The van der Waals surface area contributed by atoms with Crippen LogP contribution in [0.25, 0.3) is 0 Å². The highest BCUT2D eigenvalue weighted by atomic mass is 16.2. The highest BCUT2D eigenvalue weighted by Gasteiger charge is 2.44. The molecule has 1 saturated heterocycles. The first-order valence-electron chi connectivity index (χ1n) is 8.00. The van der Waals surface area contributed by atoms with E-state index in [9.17, 15) is 4.79 Å². The van der Waals surface area contributed by atoms with Crippen molar-refractivity contribution in [2.45, 2.75) is 78.6 Å². The van der Waals surface area contributed by atoms with Crippen molar-refractivity contribution in [3.05, 3.63) is 0 Å². The highest BCUT2D eigenvalue weighted by molar-refractivity contribution is 5.85. The first kappa shape index (κ1) is 14.8. The molecule has 1 aliphatic heterocycles. The van der Waals surface area contributed by atoms with Crippen molar-refractivity contribution in [3.63, 3.8) is 0 Å². The number of rotatable bonds is 3. The van der Waals surface area contributed by atoms with Gasteiger partial charge in [-0.3, -0.25) is 10.1 Å². The van der Waals surface area contributed by atoms with Gasteiger partial charge in [0.15, 0.2) is 0 Å². The average Bonchev–Trinajstić information content (AvgIpc) is 2.68. The summed E-state index contributed by atoms with van der Waals surface area (Å²) < 4.78 is 0. The topological polar surface area (TPSA) is 32.3 Å². The molecule has 2 unspecified atom stereocenters. The summed E-state index contributed by atoms with van der Waals surface area (Å²) >= 11 is 0. The summed E-state index contributed by atoms with van der Waals surface area (Å²) in [7, 11) is 0. The Bertz CT molecular complexity index is 319. The molecule has 0 spiro atoms. The molecule has 2 rings (SSSR count). The SMILES string of the molecule is CC1CCC(N2C(=O)C(C(C)C)NC2C(C)C)CC1. The van der Waals surface area contributed by atoms with E-state index in [1.807, 2.05) is 0 Å². The van der Waals surface area contributed by atoms with Gasteiger partial charge in [0.05, 0.1) is 12.2 Å². The monoisotopic (exact) mass is 266 g/mol. The molecule has 110 valence electrons. The van der Waals surface area contributed by atoms with Gasteiger partial charge in [-0.15, -0.1) is 0 Å². The maximum Gasteiger partial charge on any atom is 0.241 e. The van der Waals surface area contributed by atoms with Crippen LogP contribution in [-0.4, -0.2) is 29.1 Å². The molecular weight excluding hydrogens is 236 g/mol. The number of carbonyl (C=O) groups is 1. The minimum absolute atomic E-state index is 0.0201. The van der Waals surface area contributed by atoms with Crippen LogP contribution in [0.5, 0.6) is 0 Å². The molecule has 0 aromatic carbocycles.